The molecule has 2 heterocycles. The van der Waals surface area contributed by atoms with Gasteiger partial charge in [-0.3, -0.25) is 0 Å². The molecule has 0 saturated heterocycles. The van der Waals surface area contributed by atoms with Gasteiger partial charge in [0.2, 0.25) is 0 Å². The van der Waals surface area contributed by atoms with Crippen molar-refractivity contribution in [3.63, 3.8) is 0 Å². The molecule has 0 amide bonds. The largest absolute Gasteiger partial charge is 0.469 e. The smallest absolute Gasteiger partial charge is 0.151 e. The van der Waals surface area contributed by atoms with E-state index in [9.17, 15) is 0 Å². The molecule has 15 heavy (non-hydrogen) atoms. The Morgan fingerprint density at radius 1 is 1.53 bits per heavy atom. The Labute approximate surface area is 92.1 Å². The fourth-order valence-corrected chi connectivity index (χ4v) is 2.28. The van der Waals surface area contributed by atoms with E-state index in [4.69, 9.17) is 10.2 Å². The van der Waals surface area contributed by atoms with E-state index in [2.05, 4.69) is 10.2 Å². The number of nitrogens with two attached hydrogens (primary N) is 1. The third-order valence-electron chi connectivity index (χ3n) is 2.29. The lowest BCUT2D eigenvalue weighted by molar-refractivity contribution is 0.535. The Hall–Kier alpha value is -1.20. The molecule has 5 heteroatoms. The van der Waals surface area contributed by atoms with Crippen molar-refractivity contribution in [2.45, 2.75) is 26.3 Å². The second-order valence-electron chi connectivity index (χ2n) is 3.35. The maximum atomic E-state index is 5.88. The third kappa shape index (κ3) is 1.93. The molecule has 0 bridgehead atoms. The molecule has 2 aromatic heterocycles. The molecule has 0 spiro atoms. The van der Waals surface area contributed by atoms with Crippen LogP contribution in [-0.4, -0.2) is 10.2 Å². The topological polar surface area (TPSA) is 64.9 Å². The first kappa shape index (κ1) is 10.3. The molecule has 0 fully saturated rings. The van der Waals surface area contributed by atoms with Crippen molar-refractivity contribution in [2.24, 2.45) is 5.73 Å². The average Bonchev–Trinajstić information content (AvgIpc) is 2.84. The van der Waals surface area contributed by atoms with Crippen LogP contribution in [0.15, 0.2) is 16.7 Å². The van der Waals surface area contributed by atoms with Crippen molar-refractivity contribution in [1.82, 2.24) is 10.2 Å². The molecule has 0 aliphatic rings. The summed E-state index contributed by atoms with van der Waals surface area (Å²) in [5, 5.41) is 9.96. The van der Waals surface area contributed by atoms with Crippen molar-refractivity contribution in [3.8, 4) is 10.6 Å². The van der Waals surface area contributed by atoms with Crippen molar-refractivity contribution >= 4 is 11.3 Å². The highest BCUT2D eigenvalue weighted by Crippen LogP contribution is 2.29. The maximum absolute atomic E-state index is 5.88. The summed E-state index contributed by atoms with van der Waals surface area (Å²) in [5.74, 6) is 0.864. The van der Waals surface area contributed by atoms with Crippen molar-refractivity contribution < 1.29 is 4.42 Å². The van der Waals surface area contributed by atoms with E-state index in [0.717, 1.165) is 27.8 Å². The zero-order valence-electron chi connectivity index (χ0n) is 8.73. The first-order valence-corrected chi connectivity index (χ1v) is 5.67. The van der Waals surface area contributed by atoms with Gasteiger partial charge < -0.3 is 10.2 Å². The van der Waals surface area contributed by atoms with E-state index in [0.29, 0.717) is 0 Å². The third-order valence-corrected chi connectivity index (χ3v) is 3.38. The quantitative estimate of drug-likeness (QED) is 0.868. The number of aryl methyl sites for hydroxylation is 1. The zero-order chi connectivity index (χ0) is 10.8. The SMILES string of the molecule is CCC(N)c1nnc(-c2ccoc2C)s1. The molecular formula is C10H13N3OS. The van der Waals surface area contributed by atoms with Gasteiger partial charge in [0.15, 0.2) is 5.01 Å². The Morgan fingerprint density at radius 3 is 2.93 bits per heavy atom. The van der Waals surface area contributed by atoms with Gasteiger partial charge in [-0.15, -0.1) is 10.2 Å². The highest BCUT2D eigenvalue weighted by molar-refractivity contribution is 7.14. The standard InChI is InChI=1S/C10H13N3OS/c1-3-8(11)10-13-12-9(15-10)7-4-5-14-6(7)2/h4-5,8H,3,11H2,1-2H3. The second-order valence-corrected chi connectivity index (χ2v) is 4.36. The molecule has 0 aliphatic carbocycles. The fraction of sp³-hybridized carbons (Fsp3) is 0.400. The van der Waals surface area contributed by atoms with Crippen LogP contribution in [0.1, 0.15) is 30.2 Å². The van der Waals surface area contributed by atoms with Gasteiger partial charge in [-0.25, -0.2) is 0 Å². The fourth-order valence-electron chi connectivity index (χ4n) is 1.27. The number of rotatable bonds is 3. The lowest BCUT2D eigenvalue weighted by Crippen LogP contribution is -2.07. The monoisotopic (exact) mass is 223 g/mol. The predicted molar refractivity (Wildman–Crippen MR) is 59.6 cm³/mol. The molecule has 0 radical (unpaired) electrons. The van der Waals surface area contributed by atoms with Gasteiger partial charge in [-0.05, 0) is 19.4 Å². The zero-order valence-corrected chi connectivity index (χ0v) is 9.54. The molecule has 0 aliphatic heterocycles. The highest BCUT2D eigenvalue weighted by atomic mass is 32.1. The first-order valence-electron chi connectivity index (χ1n) is 4.85. The Balaban J connectivity index is 2.32. The van der Waals surface area contributed by atoms with E-state index in [-0.39, 0.29) is 6.04 Å². The van der Waals surface area contributed by atoms with E-state index in [1.807, 2.05) is 19.9 Å². The van der Waals surface area contributed by atoms with Gasteiger partial charge >= 0.3 is 0 Å². The molecule has 2 N–H and O–H groups in total. The van der Waals surface area contributed by atoms with Gasteiger partial charge in [0, 0.05) is 0 Å². The van der Waals surface area contributed by atoms with Crippen LogP contribution >= 0.6 is 11.3 Å². The van der Waals surface area contributed by atoms with Crippen LogP contribution in [0.25, 0.3) is 10.6 Å². The molecule has 2 aromatic rings. The number of aromatic nitrogens is 2. The average molecular weight is 223 g/mol. The normalized spacial score (nSPS) is 13.0. The van der Waals surface area contributed by atoms with Crippen LogP contribution in [0, 0.1) is 6.92 Å². The minimum atomic E-state index is -0.0107. The maximum Gasteiger partial charge on any atom is 0.151 e. The number of furan rings is 1. The minimum absolute atomic E-state index is 0.0107. The molecule has 80 valence electrons. The second kappa shape index (κ2) is 4.12. The van der Waals surface area contributed by atoms with Crippen molar-refractivity contribution in [3.05, 3.63) is 23.1 Å². The lowest BCUT2D eigenvalue weighted by atomic mass is 10.3. The number of nitrogens with zero attached hydrogens (tertiary/aromatic N) is 2. The molecule has 4 nitrogen and oxygen atoms in total. The molecule has 1 atom stereocenters. The summed E-state index contributed by atoms with van der Waals surface area (Å²) in [6.45, 7) is 3.95. The van der Waals surface area contributed by atoms with Crippen LogP contribution in [0.4, 0.5) is 0 Å². The number of hydrogen-bond acceptors (Lipinski definition) is 5. The van der Waals surface area contributed by atoms with Gasteiger partial charge in [0.1, 0.15) is 10.8 Å². The summed E-state index contributed by atoms with van der Waals surface area (Å²) in [6, 6.07) is 1.89. The van der Waals surface area contributed by atoms with E-state index < -0.39 is 0 Å². The van der Waals surface area contributed by atoms with Gasteiger partial charge in [-0.2, -0.15) is 0 Å². The highest BCUT2D eigenvalue weighted by Gasteiger charge is 2.14. The summed E-state index contributed by atoms with van der Waals surface area (Å²) in [4.78, 5) is 0. The van der Waals surface area contributed by atoms with Crippen LogP contribution < -0.4 is 5.73 Å². The van der Waals surface area contributed by atoms with E-state index in [1.165, 1.54) is 11.3 Å². The number of hydrogen-bond donors (Lipinski definition) is 1. The molecule has 0 aromatic carbocycles. The van der Waals surface area contributed by atoms with Gasteiger partial charge in [-0.1, -0.05) is 18.3 Å². The summed E-state index contributed by atoms with van der Waals surface area (Å²) in [5.41, 5.74) is 6.89. The molecule has 1 unspecified atom stereocenters. The summed E-state index contributed by atoms with van der Waals surface area (Å²) < 4.78 is 5.22. The Kier molecular flexibility index (Phi) is 2.83. The molecule has 2 rings (SSSR count). The van der Waals surface area contributed by atoms with Crippen molar-refractivity contribution in [2.75, 3.05) is 0 Å². The van der Waals surface area contributed by atoms with E-state index in [1.54, 1.807) is 6.26 Å². The summed E-state index contributed by atoms with van der Waals surface area (Å²) in [6.07, 6.45) is 2.53. The lowest BCUT2D eigenvalue weighted by Gasteiger charge is -2.00. The first-order chi connectivity index (χ1) is 7.22. The van der Waals surface area contributed by atoms with Gasteiger partial charge in [0.25, 0.3) is 0 Å². The van der Waals surface area contributed by atoms with Gasteiger partial charge in [0.05, 0.1) is 17.9 Å². The van der Waals surface area contributed by atoms with Crippen LogP contribution in [0.2, 0.25) is 0 Å². The minimum Gasteiger partial charge on any atom is -0.469 e. The van der Waals surface area contributed by atoms with Crippen LogP contribution in [0.5, 0.6) is 0 Å². The molecule has 0 saturated carbocycles. The van der Waals surface area contributed by atoms with Crippen LogP contribution in [-0.2, 0) is 0 Å². The summed E-state index contributed by atoms with van der Waals surface area (Å²) >= 11 is 1.53. The van der Waals surface area contributed by atoms with Crippen LogP contribution in [0.3, 0.4) is 0 Å². The van der Waals surface area contributed by atoms with Crippen molar-refractivity contribution in [1.29, 1.82) is 0 Å². The Bertz CT molecular complexity index is 449. The summed E-state index contributed by atoms with van der Waals surface area (Å²) in [7, 11) is 0. The predicted octanol–water partition coefficient (Wildman–Crippen LogP) is 2.52. The van der Waals surface area contributed by atoms with E-state index >= 15 is 0 Å². The Morgan fingerprint density at radius 2 is 2.33 bits per heavy atom. The molecular weight excluding hydrogens is 210 g/mol.